The van der Waals surface area contributed by atoms with Crippen molar-refractivity contribution in [2.75, 3.05) is 20.2 Å². The summed E-state index contributed by atoms with van der Waals surface area (Å²) >= 11 is 0. The molecule has 3 nitrogen and oxygen atoms in total. The number of carbonyl (C=O) groups excluding carboxylic acids is 1. The molecule has 0 aromatic carbocycles. The average molecular weight is 440 g/mol. The average Bonchev–Trinajstić information content (AvgIpc) is 2.78. The molecule has 3 heteroatoms. The van der Waals surface area contributed by atoms with Crippen molar-refractivity contribution in [3.8, 4) is 0 Å². The molecule has 0 spiro atoms. The number of unbranched alkanes of at least 4 members (excludes halogenated alkanes) is 21. The van der Waals surface area contributed by atoms with Crippen molar-refractivity contribution in [2.24, 2.45) is 0 Å². The van der Waals surface area contributed by atoms with Gasteiger partial charge in [-0.2, -0.15) is 0 Å². The van der Waals surface area contributed by atoms with Crippen molar-refractivity contribution < 1.29 is 9.53 Å². The summed E-state index contributed by atoms with van der Waals surface area (Å²) < 4.78 is 4.63. The first-order valence-corrected chi connectivity index (χ1v) is 14.1. The van der Waals surface area contributed by atoms with Crippen LogP contribution in [0, 0.1) is 0 Å². The number of esters is 1. The predicted octanol–water partition coefficient (Wildman–Crippen LogP) is 8.74. The third-order valence-electron chi connectivity index (χ3n) is 6.44. The van der Waals surface area contributed by atoms with E-state index in [0.717, 1.165) is 13.1 Å². The van der Waals surface area contributed by atoms with Crippen molar-refractivity contribution in [3.05, 3.63) is 0 Å². The molecular formula is C28H57NO2. The van der Waals surface area contributed by atoms with E-state index < -0.39 is 0 Å². The van der Waals surface area contributed by atoms with Crippen LogP contribution in [0.1, 0.15) is 155 Å². The topological polar surface area (TPSA) is 38.3 Å². The van der Waals surface area contributed by atoms with E-state index >= 15 is 0 Å². The number of hydrogen-bond donors (Lipinski definition) is 1. The van der Waals surface area contributed by atoms with E-state index in [4.69, 9.17) is 0 Å². The highest BCUT2D eigenvalue weighted by atomic mass is 16.5. The highest BCUT2D eigenvalue weighted by Crippen LogP contribution is 2.15. The molecule has 1 N–H and O–H groups in total. The number of ether oxygens (including phenoxy) is 1. The molecule has 0 aromatic heterocycles. The van der Waals surface area contributed by atoms with E-state index in [1.165, 1.54) is 148 Å². The SMILES string of the molecule is CCCCCCCCCCCCCCCCCCCCCCCCNCCC(=O)OC. The van der Waals surface area contributed by atoms with E-state index in [1.54, 1.807) is 0 Å². The fourth-order valence-corrected chi connectivity index (χ4v) is 4.28. The second-order valence-electron chi connectivity index (χ2n) is 9.50. The molecule has 0 aliphatic heterocycles. The molecule has 0 saturated carbocycles. The van der Waals surface area contributed by atoms with E-state index in [1.807, 2.05) is 0 Å². The molecule has 0 rings (SSSR count). The molecule has 0 heterocycles. The van der Waals surface area contributed by atoms with Gasteiger partial charge >= 0.3 is 5.97 Å². The van der Waals surface area contributed by atoms with E-state index in [0.29, 0.717) is 6.42 Å². The van der Waals surface area contributed by atoms with Crippen LogP contribution >= 0.6 is 0 Å². The van der Waals surface area contributed by atoms with Crippen LogP contribution in [-0.2, 0) is 9.53 Å². The Bertz CT molecular complexity index is 346. The first-order valence-electron chi connectivity index (χ1n) is 14.1. The lowest BCUT2D eigenvalue weighted by Crippen LogP contribution is -2.19. The van der Waals surface area contributed by atoms with Crippen LogP contribution in [0.3, 0.4) is 0 Å². The van der Waals surface area contributed by atoms with E-state index in [2.05, 4.69) is 17.0 Å². The standard InChI is InChI=1S/C28H57NO2/c1-3-4-5-6-7-8-9-10-11-12-13-14-15-16-17-18-19-20-21-22-23-24-26-29-27-25-28(30)31-2/h29H,3-27H2,1-2H3. The molecule has 0 aliphatic carbocycles. The van der Waals surface area contributed by atoms with Crippen LogP contribution in [0.25, 0.3) is 0 Å². The van der Waals surface area contributed by atoms with Crippen LogP contribution in [-0.4, -0.2) is 26.2 Å². The molecular weight excluding hydrogens is 382 g/mol. The van der Waals surface area contributed by atoms with Crippen molar-refractivity contribution in [1.82, 2.24) is 5.32 Å². The van der Waals surface area contributed by atoms with Gasteiger partial charge in [0, 0.05) is 6.54 Å². The lowest BCUT2D eigenvalue weighted by atomic mass is 10.0. The van der Waals surface area contributed by atoms with Gasteiger partial charge in [-0.1, -0.05) is 142 Å². The van der Waals surface area contributed by atoms with Crippen molar-refractivity contribution in [1.29, 1.82) is 0 Å². The maximum absolute atomic E-state index is 11.0. The monoisotopic (exact) mass is 439 g/mol. The minimum absolute atomic E-state index is 0.124. The summed E-state index contributed by atoms with van der Waals surface area (Å²) in [5.74, 6) is -0.124. The summed E-state index contributed by atoms with van der Waals surface area (Å²) in [6.45, 7) is 4.06. The molecule has 0 radical (unpaired) electrons. The Kier molecular flexibility index (Phi) is 27.0. The molecule has 0 bridgehead atoms. The molecule has 186 valence electrons. The Balaban J connectivity index is 3.01. The molecule has 0 fully saturated rings. The third kappa shape index (κ3) is 27.4. The van der Waals surface area contributed by atoms with Gasteiger partial charge in [0.15, 0.2) is 0 Å². The highest BCUT2D eigenvalue weighted by molar-refractivity contribution is 5.69. The van der Waals surface area contributed by atoms with Crippen LogP contribution in [0.4, 0.5) is 0 Å². The first kappa shape index (κ1) is 30.4. The number of nitrogens with one attached hydrogen (secondary N) is 1. The zero-order chi connectivity index (χ0) is 22.7. The van der Waals surface area contributed by atoms with Crippen LogP contribution in [0.2, 0.25) is 0 Å². The van der Waals surface area contributed by atoms with Gasteiger partial charge in [-0.25, -0.2) is 0 Å². The van der Waals surface area contributed by atoms with Gasteiger partial charge in [0.1, 0.15) is 0 Å². The van der Waals surface area contributed by atoms with Gasteiger partial charge in [-0.05, 0) is 13.0 Å². The molecule has 0 amide bonds. The van der Waals surface area contributed by atoms with Crippen molar-refractivity contribution in [2.45, 2.75) is 155 Å². The molecule has 0 unspecified atom stereocenters. The Morgan fingerprint density at radius 2 is 0.839 bits per heavy atom. The van der Waals surface area contributed by atoms with Gasteiger partial charge in [0.05, 0.1) is 13.5 Å². The first-order chi connectivity index (χ1) is 15.3. The summed E-state index contributed by atoms with van der Waals surface area (Å²) in [6, 6.07) is 0. The van der Waals surface area contributed by atoms with Gasteiger partial charge in [-0.15, -0.1) is 0 Å². The minimum Gasteiger partial charge on any atom is -0.469 e. The van der Waals surface area contributed by atoms with Gasteiger partial charge in [0.25, 0.3) is 0 Å². The summed E-state index contributed by atoms with van der Waals surface area (Å²) in [5, 5.41) is 3.31. The highest BCUT2D eigenvalue weighted by Gasteiger charge is 1.98. The minimum atomic E-state index is -0.124. The maximum atomic E-state index is 11.0. The van der Waals surface area contributed by atoms with Crippen molar-refractivity contribution >= 4 is 5.97 Å². The maximum Gasteiger partial charge on any atom is 0.306 e. The molecule has 0 aliphatic rings. The number of rotatable bonds is 26. The number of methoxy groups -OCH3 is 1. The Morgan fingerprint density at radius 1 is 0.516 bits per heavy atom. The summed E-state index contributed by atoms with van der Waals surface area (Å²) in [4.78, 5) is 11.0. The Labute approximate surface area is 195 Å². The Hall–Kier alpha value is -0.570. The number of hydrogen-bond acceptors (Lipinski definition) is 3. The van der Waals surface area contributed by atoms with Gasteiger partial charge in [0.2, 0.25) is 0 Å². The predicted molar refractivity (Wildman–Crippen MR) is 137 cm³/mol. The number of carbonyl (C=O) groups is 1. The molecule has 0 atom stereocenters. The van der Waals surface area contributed by atoms with E-state index in [-0.39, 0.29) is 5.97 Å². The lowest BCUT2D eigenvalue weighted by molar-refractivity contribution is -0.140. The largest absolute Gasteiger partial charge is 0.469 e. The molecule has 31 heavy (non-hydrogen) atoms. The lowest BCUT2D eigenvalue weighted by Gasteiger charge is -2.05. The summed E-state index contributed by atoms with van der Waals surface area (Å²) in [7, 11) is 1.45. The van der Waals surface area contributed by atoms with E-state index in [9.17, 15) is 4.79 Å². The molecule has 0 saturated heterocycles. The third-order valence-corrected chi connectivity index (χ3v) is 6.44. The molecule has 0 aromatic rings. The normalized spacial score (nSPS) is 11.2. The van der Waals surface area contributed by atoms with Crippen LogP contribution in [0.5, 0.6) is 0 Å². The fourth-order valence-electron chi connectivity index (χ4n) is 4.28. The van der Waals surface area contributed by atoms with Crippen LogP contribution in [0.15, 0.2) is 0 Å². The fraction of sp³-hybridized carbons (Fsp3) is 0.964. The Morgan fingerprint density at radius 3 is 1.16 bits per heavy atom. The zero-order valence-corrected chi connectivity index (χ0v) is 21.5. The van der Waals surface area contributed by atoms with Gasteiger partial charge < -0.3 is 10.1 Å². The van der Waals surface area contributed by atoms with Gasteiger partial charge in [-0.3, -0.25) is 4.79 Å². The smallest absolute Gasteiger partial charge is 0.306 e. The van der Waals surface area contributed by atoms with Crippen LogP contribution < -0.4 is 5.32 Å². The quantitative estimate of drug-likeness (QED) is 0.108. The summed E-state index contributed by atoms with van der Waals surface area (Å²) in [5.41, 5.74) is 0. The zero-order valence-electron chi connectivity index (χ0n) is 21.5. The second-order valence-corrected chi connectivity index (χ2v) is 9.50. The summed E-state index contributed by atoms with van der Waals surface area (Å²) in [6.07, 6.45) is 31.9. The second kappa shape index (κ2) is 27.5. The van der Waals surface area contributed by atoms with Crippen molar-refractivity contribution in [3.63, 3.8) is 0 Å².